The molecule has 1 amide bonds. The quantitative estimate of drug-likeness (QED) is 0.899. The Labute approximate surface area is 118 Å². The summed E-state index contributed by atoms with van der Waals surface area (Å²) >= 11 is 5.92. The molecule has 0 saturated heterocycles. The van der Waals surface area contributed by atoms with Crippen molar-refractivity contribution < 1.29 is 4.79 Å². The summed E-state index contributed by atoms with van der Waals surface area (Å²) in [5.74, 6) is -0.0591. The van der Waals surface area contributed by atoms with E-state index in [4.69, 9.17) is 17.3 Å². The number of nitrogens with one attached hydrogen (secondary N) is 1. The lowest BCUT2D eigenvalue weighted by Gasteiger charge is -2.37. The minimum absolute atomic E-state index is 0. The number of benzene rings is 1. The van der Waals surface area contributed by atoms with Gasteiger partial charge in [0, 0.05) is 5.02 Å². The number of hydrogen-bond acceptors (Lipinski definition) is 2. The van der Waals surface area contributed by atoms with E-state index in [9.17, 15) is 4.79 Å². The Morgan fingerprint density at radius 1 is 1.50 bits per heavy atom. The monoisotopic (exact) mass is 288 g/mol. The summed E-state index contributed by atoms with van der Waals surface area (Å²) in [5.41, 5.74) is 6.31. The number of carbonyl (C=O) groups excluding carboxylic acids is 1. The van der Waals surface area contributed by atoms with Gasteiger partial charge in [0.2, 0.25) is 5.91 Å². The number of halogens is 2. The molecule has 1 aliphatic carbocycles. The first-order chi connectivity index (χ1) is 8.01. The van der Waals surface area contributed by atoms with Crippen LogP contribution in [0.5, 0.6) is 0 Å². The Hall–Kier alpha value is -0.770. The number of amides is 1. The summed E-state index contributed by atoms with van der Waals surface area (Å²) in [4.78, 5) is 11.9. The third-order valence-corrected chi connectivity index (χ3v) is 3.63. The van der Waals surface area contributed by atoms with Crippen LogP contribution in [-0.2, 0) is 4.79 Å². The van der Waals surface area contributed by atoms with E-state index in [1.165, 1.54) is 0 Å². The molecule has 1 saturated carbocycles. The summed E-state index contributed by atoms with van der Waals surface area (Å²) in [7, 11) is 0. The average molecular weight is 289 g/mol. The van der Waals surface area contributed by atoms with E-state index in [1.807, 2.05) is 31.2 Å². The van der Waals surface area contributed by atoms with Gasteiger partial charge in [-0.05, 0) is 43.9 Å². The van der Waals surface area contributed by atoms with Gasteiger partial charge in [0.15, 0.2) is 0 Å². The Bertz CT molecular complexity index is 433. The zero-order chi connectivity index (χ0) is 12.5. The van der Waals surface area contributed by atoms with Gasteiger partial charge in [-0.2, -0.15) is 0 Å². The molecule has 1 fully saturated rings. The Kier molecular flexibility index (Phi) is 5.02. The van der Waals surface area contributed by atoms with Crippen LogP contribution in [0.1, 0.15) is 37.8 Å². The first-order valence-corrected chi connectivity index (χ1v) is 6.24. The highest BCUT2D eigenvalue weighted by Gasteiger charge is 2.40. The van der Waals surface area contributed by atoms with Gasteiger partial charge in [0.1, 0.15) is 0 Å². The van der Waals surface area contributed by atoms with Gasteiger partial charge in [-0.1, -0.05) is 23.7 Å². The molecule has 0 aliphatic heterocycles. The topological polar surface area (TPSA) is 55.1 Å². The Balaban J connectivity index is 0.00000162. The summed E-state index contributed by atoms with van der Waals surface area (Å²) < 4.78 is 0. The highest BCUT2D eigenvalue weighted by Crippen LogP contribution is 2.30. The zero-order valence-electron chi connectivity index (χ0n) is 10.3. The van der Waals surface area contributed by atoms with Gasteiger partial charge in [0.25, 0.3) is 0 Å². The molecule has 0 radical (unpaired) electrons. The highest BCUT2D eigenvalue weighted by molar-refractivity contribution is 6.30. The van der Waals surface area contributed by atoms with Crippen molar-refractivity contribution in [1.29, 1.82) is 0 Å². The minimum Gasteiger partial charge on any atom is -0.348 e. The molecule has 3 nitrogen and oxygen atoms in total. The molecular formula is C13H18Cl2N2O. The average Bonchev–Trinajstić information content (AvgIpc) is 2.25. The normalized spacial score (nSPS) is 18.2. The van der Waals surface area contributed by atoms with Crippen LogP contribution < -0.4 is 11.1 Å². The maximum atomic E-state index is 11.9. The van der Waals surface area contributed by atoms with Gasteiger partial charge in [-0.3, -0.25) is 4.79 Å². The molecule has 1 atom stereocenters. The predicted molar refractivity (Wildman–Crippen MR) is 76.0 cm³/mol. The van der Waals surface area contributed by atoms with Crippen molar-refractivity contribution in [3.8, 4) is 0 Å². The fourth-order valence-electron chi connectivity index (χ4n) is 1.98. The van der Waals surface area contributed by atoms with Gasteiger partial charge in [-0.25, -0.2) is 0 Å². The predicted octanol–water partition coefficient (Wildman–Crippen LogP) is 2.82. The van der Waals surface area contributed by atoms with Gasteiger partial charge < -0.3 is 11.1 Å². The molecule has 1 aromatic carbocycles. The van der Waals surface area contributed by atoms with E-state index < -0.39 is 5.54 Å². The Morgan fingerprint density at radius 2 is 2.17 bits per heavy atom. The summed E-state index contributed by atoms with van der Waals surface area (Å²) in [6, 6.07) is 7.43. The molecule has 5 heteroatoms. The molecular weight excluding hydrogens is 271 g/mol. The van der Waals surface area contributed by atoms with E-state index in [2.05, 4.69) is 5.32 Å². The molecule has 1 aliphatic rings. The van der Waals surface area contributed by atoms with Crippen molar-refractivity contribution in [2.75, 3.05) is 0 Å². The lowest BCUT2D eigenvalue weighted by Crippen LogP contribution is -2.58. The molecule has 2 rings (SSSR count). The van der Waals surface area contributed by atoms with Crippen LogP contribution in [0, 0.1) is 0 Å². The van der Waals surface area contributed by atoms with E-state index in [0.29, 0.717) is 5.02 Å². The van der Waals surface area contributed by atoms with Crippen LogP contribution in [0.3, 0.4) is 0 Å². The molecule has 0 spiro atoms. The van der Waals surface area contributed by atoms with Gasteiger partial charge >= 0.3 is 0 Å². The molecule has 0 aromatic heterocycles. The van der Waals surface area contributed by atoms with Crippen molar-refractivity contribution in [2.24, 2.45) is 5.73 Å². The molecule has 1 unspecified atom stereocenters. The largest absolute Gasteiger partial charge is 0.348 e. The van der Waals surface area contributed by atoms with Crippen LogP contribution in [-0.4, -0.2) is 11.4 Å². The Morgan fingerprint density at radius 3 is 2.67 bits per heavy atom. The van der Waals surface area contributed by atoms with Crippen molar-refractivity contribution in [2.45, 2.75) is 37.8 Å². The van der Waals surface area contributed by atoms with Crippen molar-refractivity contribution in [3.05, 3.63) is 34.9 Å². The lowest BCUT2D eigenvalue weighted by atomic mass is 9.77. The number of hydrogen-bond donors (Lipinski definition) is 2. The van der Waals surface area contributed by atoms with Gasteiger partial charge in [0.05, 0.1) is 11.6 Å². The van der Waals surface area contributed by atoms with Crippen LogP contribution in [0.25, 0.3) is 0 Å². The van der Waals surface area contributed by atoms with E-state index in [1.54, 1.807) is 0 Å². The number of nitrogens with two attached hydrogens (primary N) is 1. The second-order valence-corrected chi connectivity index (χ2v) is 5.20. The second-order valence-electron chi connectivity index (χ2n) is 4.76. The van der Waals surface area contributed by atoms with Crippen molar-refractivity contribution >= 4 is 29.9 Å². The first kappa shape index (κ1) is 15.3. The van der Waals surface area contributed by atoms with Crippen molar-refractivity contribution in [1.82, 2.24) is 5.32 Å². The number of rotatable bonds is 3. The third kappa shape index (κ3) is 3.16. The van der Waals surface area contributed by atoms with Crippen LogP contribution >= 0.6 is 24.0 Å². The lowest BCUT2D eigenvalue weighted by molar-refractivity contribution is -0.129. The summed E-state index contributed by atoms with van der Waals surface area (Å²) in [6.45, 7) is 1.94. The van der Waals surface area contributed by atoms with Crippen LogP contribution in [0.4, 0.5) is 0 Å². The molecule has 1 aromatic rings. The molecule has 0 bridgehead atoms. The summed E-state index contributed by atoms with van der Waals surface area (Å²) in [5, 5.41) is 3.62. The fraction of sp³-hybridized carbons (Fsp3) is 0.462. The molecule has 3 N–H and O–H groups in total. The SMILES string of the molecule is CC(NC(=O)C1(N)CCC1)c1cccc(Cl)c1.Cl. The van der Waals surface area contributed by atoms with Crippen LogP contribution in [0.2, 0.25) is 5.02 Å². The maximum Gasteiger partial charge on any atom is 0.240 e. The minimum atomic E-state index is -0.646. The van der Waals surface area contributed by atoms with E-state index >= 15 is 0 Å². The maximum absolute atomic E-state index is 11.9. The smallest absolute Gasteiger partial charge is 0.240 e. The molecule has 18 heavy (non-hydrogen) atoms. The third-order valence-electron chi connectivity index (χ3n) is 3.39. The summed E-state index contributed by atoms with van der Waals surface area (Å²) in [6.07, 6.45) is 2.59. The molecule has 100 valence electrons. The fourth-order valence-corrected chi connectivity index (χ4v) is 2.18. The highest BCUT2D eigenvalue weighted by atomic mass is 35.5. The van der Waals surface area contributed by atoms with Crippen molar-refractivity contribution in [3.63, 3.8) is 0 Å². The zero-order valence-corrected chi connectivity index (χ0v) is 11.9. The van der Waals surface area contributed by atoms with E-state index in [-0.39, 0.29) is 24.4 Å². The van der Waals surface area contributed by atoms with Crippen LogP contribution in [0.15, 0.2) is 24.3 Å². The van der Waals surface area contributed by atoms with Gasteiger partial charge in [-0.15, -0.1) is 12.4 Å². The number of carbonyl (C=O) groups is 1. The van der Waals surface area contributed by atoms with E-state index in [0.717, 1.165) is 24.8 Å². The standard InChI is InChI=1S/C13H17ClN2O.ClH/c1-9(10-4-2-5-11(14)8-10)16-12(17)13(15)6-3-7-13;/h2,4-5,8-9H,3,6-7,15H2,1H3,(H,16,17);1H. The molecule has 0 heterocycles. The first-order valence-electron chi connectivity index (χ1n) is 5.86. The second kappa shape index (κ2) is 5.91.